The first kappa shape index (κ1) is 23.0. The monoisotopic (exact) mass is 451 g/mol. The Bertz CT molecular complexity index is 1130. The first-order valence-corrected chi connectivity index (χ1v) is 11.5. The van der Waals surface area contributed by atoms with E-state index in [9.17, 15) is 4.79 Å². The Balaban J connectivity index is 1.39. The van der Waals surface area contributed by atoms with Crippen molar-refractivity contribution in [1.82, 2.24) is 20.1 Å². The lowest BCUT2D eigenvalue weighted by Gasteiger charge is -2.29. The Morgan fingerprint density at radius 3 is 2.58 bits per heavy atom. The zero-order valence-corrected chi connectivity index (χ0v) is 20.1. The fourth-order valence-electron chi connectivity index (χ4n) is 4.54. The molecule has 8 nitrogen and oxygen atoms in total. The number of ether oxygens (including phenoxy) is 2. The molecule has 0 aliphatic carbocycles. The minimum atomic E-state index is -0.0579. The summed E-state index contributed by atoms with van der Waals surface area (Å²) in [5.74, 6) is 0.592. The number of nitrogens with zero attached hydrogens (tertiary/aromatic N) is 4. The van der Waals surface area contributed by atoms with E-state index >= 15 is 0 Å². The summed E-state index contributed by atoms with van der Waals surface area (Å²) in [5.41, 5.74) is 6.15. The lowest BCUT2D eigenvalue weighted by molar-refractivity contribution is -0.121. The molecular formula is C25H33N5O3. The Morgan fingerprint density at radius 1 is 1.21 bits per heavy atom. The molecular weight excluding hydrogens is 418 g/mol. The number of nitrogens with one attached hydrogen (secondary N) is 1. The van der Waals surface area contributed by atoms with E-state index in [1.54, 1.807) is 11.8 Å². The third kappa shape index (κ3) is 4.80. The van der Waals surface area contributed by atoms with Gasteiger partial charge in [0.1, 0.15) is 0 Å². The molecule has 0 bridgehead atoms. The van der Waals surface area contributed by atoms with Gasteiger partial charge in [-0.1, -0.05) is 12.1 Å². The first-order chi connectivity index (χ1) is 15.9. The van der Waals surface area contributed by atoms with Crippen LogP contribution in [0.25, 0.3) is 11.0 Å². The maximum atomic E-state index is 12.7. The molecule has 1 unspecified atom stereocenters. The second-order valence-electron chi connectivity index (χ2n) is 8.61. The molecule has 1 aromatic carbocycles. The number of aryl methyl sites for hydroxylation is 3. The average molecular weight is 452 g/mol. The van der Waals surface area contributed by atoms with E-state index in [2.05, 4.69) is 39.6 Å². The second-order valence-corrected chi connectivity index (χ2v) is 8.61. The van der Waals surface area contributed by atoms with E-state index in [1.165, 1.54) is 5.69 Å². The molecule has 0 saturated carbocycles. The van der Waals surface area contributed by atoms with Gasteiger partial charge in [0.25, 0.3) is 0 Å². The fraction of sp³-hybridized carbons (Fsp3) is 0.480. The van der Waals surface area contributed by atoms with Crippen LogP contribution in [-0.4, -0.2) is 54.1 Å². The normalized spacial score (nSPS) is 15.0. The summed E-state index contributed by atoms with van der Waals surface area (Å²) in [5, 5.41) is 8.44. The third-order valence-electron chi connectivity index (χ3n) is 6.47. The molecule has 0 radical (unpaired) electrons. The number of rotatable bonds is 7. The average Bonchev–Trinajstić information content (AvgIpc) is 3.15. The number of benzene rings is 1. The van der Waals surface area contributed by atoms with Gasteiger partial charge in [0.15, 0.2) is 5.65 Å². The van der Waals surface area contributed by atoms with Gasteiger partial charge in [0.2, 0.25) is 11.8 Å². The Kier molecular flexibility index (Phi) is 6.83. The predicted molar refractivity (Wildman–Crippen MR) is 129 cm³/mol. The van der Waals surface area contributed by atoms with Crippen molar-refractivity contribution in [3.05, 3.63) is 46.6 Å². The molecule has 3 heterocycles. The minimum Gasteiger partial charge on any atom is -0.479 e. The van der Waals surface area contributed by atoms with Gasteiger partial charge < -0.3 is 19.7 Å². The summed E-state index contributed by atoms with van der Waals surface area (Å²) < 4.78 is 12.6. The number of anilines is 1. The highest BCUT2D eigenvalue weighted by Gasteiger charge is 2.19. The van der Waals surface area contributed by atoms with Crippen molar-refractivity contribution in [3.8, 4) is 5.88 Å². The number of hydrogen-bond donors (Lipinski definition) is 1. The summed E-state index contributed by atoms with van der Waals surface area (Å²) >= 11 is 0. The molecule has 1 saturated heterocycles. The smallest absolute Gasteiger partial charge is 0.242 e. The van der Waals surface area contributed by atoms with Gasteiger partial charge in [-0.05, 0) is 56.0 Å². The number of hydrogen-bond acceptors (Lipinski definition) is 6. The van der Waals surface area contributed by atoms with E-state index in [0.717, 1.165) is 59.7 Å². The molecule has 8 heteroatoms. The molecule has 3 aromatic rings. The topological polar surface area (TPSA) is 81.5 Å². The van der Waals surface area contributed by atoms with Crippen molar-refractivity contribution in [2.45, 2.75) is 39.7 Å². The summed E-state index contributed by atoms with van der Waals surface area (Å²) in [7, 11) is 3.47. The molecule has 4 rings (SSSR count). The Morgan fingerprint density at radius 2 is 1.91 bits per heavy atom. The Hall–Kier alpha value is -3.13. The summed E-state index contributed by atoms with van der Waals surface area (Å²) in [6.07, 6.45) is 1.01. The number of aromatic nitrogens is 3. The number of fused-ring (bicyclic) bond motifs is 1. The van der Waals surface area contributed by atoms with Crippen molar-refractivity contribution in [2.75, 3.05) is 38.3 Å². The third-order valence-corrected chi connectivity index (χ3v) is 6.47. The standard InChI is InChI=1S/C25H33N5O3/c1-16-21(18(3)27-24-23(16)25(32-5)28-29(24)4)10-11-22(31)26-17(2)19-6-8-20(9-7-19)30-12-14-33-15-13-30/h6-9,17H,10-15H2,1-5H3,(H,26,31). The van der Waals surface area contributed by atoms with E-state index in [-0.39, 0.29) is 11.9 Å². The lowest BCUT2D eigenvalue weighted by atomic mass is 9.99. The summed E-state index contributed by atoms with van der Waals surface area (Å²) in [6, 6.07) is 8.38. The van der Waals surface area contributed by atoms with Crippen LogP contribution in [0.15, 0.2) is 24.3 Å². The van der Waals surface area contributed by atoms with Gasteiger partial charge in [-0.3, -0.25) is 4.79 Å². The number of morpholine rings is 1. The maximum absolute atomic E-state index is 12.7. The van der Waals surface area contributed by atoms with Gasteiger partial charge in [-0.15, -0.1) is 5.10 Å². The van der Waals surface area contributed by atoms with E-state index < -0.39 is 0 Å². The minimum absolute atomic E-state index is 0.0248. The highest BCUT2D eigenvalue weighted by molar-refractivity contribution is 5.86. The number of pyridine rings is 1. The fourth-order valence-corrected chi connectivity index (χ4v) is 4.54. The molecule has 1 atom stereocenters. The SMILES string of the molecule is COc1nn(C)c2nc(C)c(CCC(=O)NC(C)c3ccc(N4CCOCC4)cc3)c(C)c12. The van der Waals surface area contributed by atoms with Crippen LogP contribution in [0.4, 0.5) is 5.69 Å². The van der Waals surface area contributed by atoms with Crippen LogP contribution in [-0.2, 0) is 23.0 Å². The van der Waals surface area contributed by atoms with Crippen molar-refractivity contribution in [3.63, 3.8) is 0 Å². The van der Waals surface area contributed by atoms with Crippen molar-refractivity contribution >= 4 is 22.6 Å². The lowest BCUT2D eigenvalue weighted by Crippen LogP contribution is -2.36. The molecule has 33 heavy (non-hydrogen) atoms. The largest absolute Gasteiger partial charge is 0.479 e. The molecule has 1 N–H and O–H groups in total. The number of amides is 1. The maximum Gasteiger partial charge on any atom is 0.242 e. The molecule has 1 aliphatic rings. The first-order valence-electron chi connectivity index (χ1n) is 11.5. The highest BCUT2D eigenvalue weighted by atomic mass is 16.5. The zero-order valence-electron chi connectivity index (χ0n) is 20.1. The van der Waals surface area contributed by atoms with E-state index in [4.69, 9.17) is 14.5 Å². The number of carbonyl (C=O) groups is 1. The molecule has 2 aromatic heterocycles. The van der Waals surface area contributed by atoms with Crippen LogP contribution >= 0.6 is 0 Å². The molecule has 1 amide bonds. The summed E-state index contributed by atoms with van der Waals surface area (Å²) in [4.78, 5) is 19.8. The molecule has 0 spiro atoms. The van der Waals surface area contributed by atoms with Crippen LogP contribution in [0.1, 0.15) is 41.8 Å². The predicted octanol–water partition coefficient (Wildman–Crippen LogP) is 3.24. The van der Waals surface area contributed by atoms with Crippen LogP contribution in [0.3, 0.4) is 0 Å². The van der Waals surface area contributed by atoms with Crippen LogP contribution in [0.2, 0.25) is 0 Å². The molecule has 1 fully saturated rings. The van der Waals surface area contributed by atoms with Gasteiger partial charge in [-0.25, -0.2) is 9.67 Å². The second kappa shape index (κ2) is 9.79. The summed E-state index contributed by atoms with van der Waals surface area (Å²) in [6.45, 7) is 9.41. The molecule has 1 aliphatic heterocycles. The zero-order chi connectivity index (χ0) is 23.5. The highest BCUT2D eigenvalue weighted by Crippen LogP contribution is 2.30. The van der Waals surface area contributed by atoms with Crippen molar-refractivity contribution in [2.24, 2.45) is 7.05 Å². The van der Waals surface area contributed by atoms with Crippen molar-refractivity contribution < 1.29 is 14.3 Å². The van der Waals surface area contributed by atoms with E-state index in [0.29, 0.717) is 18.7 Å². The van der Waals surface area contributed by atoms with Crippen LogP contribution < -0.4 is 15.0 Å². The van der Waals surface area contributed by atoms with Crippen LogP contribution in [0.5, 0.6) is 5.88 Å². The van der Waals surface area contributed by atoms with Crippen LogP contribution in [0, 0.1) is 13.8 Å². The van der Waals surface area contributed by atoms with Gasteiger partial charge in [0.05, 0.1) is 31.8 Å². The van der Waals surface area contributed by atoms with Gasteiger partial charge in [0, 0.05) is 37.9 Å². The number of carbonyl (C=O) groups excluding carboxylic acids is 1. The molecule has 176 valence electrons. The Labute approximate surface area is 194 Å². The number of methoxy groups -OCH3 is 1. The van der Waals surface area contributed by atoms with Gasteiger partial charge >= 0.3 is 0 Å². The quantitative estimate of drug-likeness (QED) is 0.594. The van der Waals surface area contributed by atoms with E-state index in [1.807, 2.05) is 27.8 Å². The van der Waals surface area contributed by atoms with Crippen molar-refractivity contribution in [1.29, 1.82) is 0 Å². The van der Waals surface area contributed by atoms with Gasteiger partial charge in [-0.2, -0.15) is 0 Å².